The van der Waals surface area contributed by atoms with Crippen LogP contribution in [0.1, 0.15) is 37.2 Å². The highest BCUT2D eigenvalue weighted by Gasteiger charge is 2.13. The van der Waals surface area contributed by atoms with Crippen molar-refractivity contribution in [2.24, 2.45) is 5.73 Å². The molecule has 1 atom stereocenters. The van der Waals surface area contributed by atoms with Gasteiger partial charge in [-0.1, -0.05) is 6.92 Å². The molecule has 0 saturated carbocycles. The first-order valence-corrected chi connectivity index (χ1v) is 6.46. The quantitative estimate of drug-likeness (QED) is 0.738. The monoisotopic (exact) mass is 239 g/mol. The molecule has 98 valence electrons. The zero-order valence-electron chi connectivity index (χ0n) is 11.5. The molecule has 1 heterocycles. The molecular formula is C13H25N3O. The first-order chi connectivity index (χ1) is 8.10. The maximum atomic E-state index is 6.01. The number of rotatable bonds is 7. The lowest BCUT2D eigenvalue weighted by Gasteiger charge is -2.09. The van der Waals surface area contributed by atoms with Crippen molar-refractivity contribution in [2.75, 3.05) is 13.2 Å². The van der Waals surface area contributed by atoms with Crippen molar-refractivity contribution in [2.45, 2.75) is 53.1 Å². The SMILES string of the molecule is CCOCCn1nc(C)c(CC(N)CC)c1C. The van der Waals surface area contributed by atoms with Gasteiger partial charge in [-0.3, -0.25) is 4.68 Å². The van der Waals surface area contributed by atoms with Crippen LogP contribution in [-0.4, -0.2) is 29.0 Å². The molecule has 17 heavy (non-hydrogen) atoms. The normalized spacial score (nSPS) is 13.0. The van der Waals surface area contributed by atoms with Crippen molar-refractivity contribution in [3.05, 3.63) is 17.0 Å². The zero-order chi connectivity index (χ0) is 12.8. The second-order valence-corrected chi connectivity index (χ2v) is 4.44. The molecule has 0 spiro atoms. The Bertz CT molecular complexity index is 347. The molecule has 0 amide bonds. The van der Waals surface area contributed by atoms with E-state index < -0.39 is 0 Å². The predicted octanol–water partition coefficient (Wildman–Crippen LogP) is 1.82. The summed E-state index contributed by atoms with van der Waals surface area (Å²) in [5, 5.41) is 4.55. The van der Waals surface area contributed by atoms with Crippen LogP contribution >= 0.6 is 0 Å². The Morgan fingerprint density at radius 1 is 1.35 bits per heavy atom. The molecule has 1 rings (SSSR count). The largest absolute Gasteiger partial charge is 0.380 e. The van der Waals surface area contributed by atoms with Crippen LogP contribution in [0.2, 0.25) is 0 Å². The van der Waals surface area contributed by atoms with Crippen LogP contribution in [0.4, 0.5) is 0 Å². The summed E-state index contributed by atoms with van der Waals surface area (Å²) in [6.45, 7) is 10.6. The lowest BCUT2D eigenvalue weighted by Crippen LogP contribution is -2.22. The van der Waals surface area contributed by atoms with Crippen LogP contribution in [0.25, 0.3) is 0 Å². The van der Waals surface area contributed by atoms with Crippen molar-refractivity contribution >= 4 is 0 Å². The molecule has 1 unspecified atom stereocenters. The van der Waals surface area contributed by atoms with Gasteiger partial charge in [0.25, 0.3) is 0 Å². The summed E-state index contributed by atoms with van der Waals surface area (Å²) in [5.41, 5.74) is 9.64. The van der Waals surface area contributed by atoms with E-state index in [4.69, 9.17) is 10.5 Å². The van der Waals surface area contributed by atoms with Crippen LogP contribution < -0.4 is 5.73 Å². The number of ether oxygens (including phenoxy) is 1. The van der Waals surface area contributed by atoms with E-state index >= 15 is 0 Å². The molecule has 1 aromatic rings. The van der Waals surface area contributed by atoms with E-state index in [2.05, 4.69) is 25.9 Å². The van der Waals surface area contributed by atoms with Gasteiger partial charge in [0.15, 0.2) is 0 Å². The van der Waals surface area contributed by atoms with Gasteiger partial charge < -0.3 is 10.5 Å². The Kier molecular flexibility index (Phi) is 5.65. The molecule has 0 saturated heterocycles. The van der Waals surface area contributed by atoms with Crippen LogP contribution in [-0.2, 0) is 17.7 Å². The van der Waals surface area contributed by atoms with E-state index in [1.807, 2.05) is 11.6 Å². The van der Waals surface area contributed by atoms with Crippen molar-refractivity contribution < 1.29 is 4.74 Å². The summed E-state index contributed by atoms with van der Waals surface area (Å²) in [7, 11) is 0. The van der Waals surface area contributed by atoms with Gasteiger partial charge in [-0.05, 0) is 39.2 Å². The number of aromatic nitrogens is 2. The number of nitrogens with zero attached hydrogens (tertiary/aromatic N) is 2. The highest BCUT2D eigenvalue weighted by Crippen LogP contribution is 2.15. The fourth-order valence-electron chi connectivity index (χ4n) is 1.95. The number of aryl methyl sites for hydroxylation is 1. The van der Waals surface area contributed by atoms with Gasteiger partial charge in [-0.15, -0.1) is 0 Å². The van der Waals surface area contributed by atoms with Crippen molar-refractivity contribution in [3.8, 4) is 0 Å². The van der Waals surface area contributed by atoms with Crippen LogP contribution in [0.5, 0.6) is 0 Å². The number of hydrogen-bond acceptors (Lipinski definition) is 3. The molecule has 0 fully saturated rings. The molecule has 4 nitrogen and oxygen atoms in total. The summed E-state index contributed by atoms with van der Waals surface area (Å²) >= 11 is 0. The van der Waals surface area contributed by atoms with Crippen molar-refractivity contribution in [3.63, 3.8) is 0 Å². The van der Waals surface area contributed by atoms with Gasteiger partial charge in [0.2, 0.25) is 0 Å². The second kappa shape index (κ2) is 6.77. The van der Waals surface area contributed by atoms with Gasteiger partial charge >= 0.3 is 0 Å². The third-order valence-electron chi connectivity index (χ3n) is 3.17. The molecule has 0 bridgehead atoms. The Morgan fingerprint density at radius 2 is 2.06 bits per heavy atom. The third-order valence-corrected chi connectivity index (χ3v) is 3.17. The Labute approximate surface area is 104 Å². The van der Waals surface area contributed by atoms with Crippen LogP contribution in [0.15, 0.2) is 0 Å². The fourth-order valence-corrected chi connectivity index (χ4v) is 1.95. The van der Waals surface area contributed by atoms with E-state index in [9.17, 15) is 0 Å². The second-order valence-electron chi connectivity index (χ2n) is 4.44. The first-order valence-electron chi connectivity index (χ1n) is 6.46. The Hall–Kier alpha value is -0.870. The van der Waals surface area contributed by atoms with Gasteiger partial charge in [0.05, 0.1) is 18.8 Å². The Morgan fingerprint density at radius 3 is 2.65 bits per heavy atom. The average Bonchev–Trinajstić information content (AvgIpc) is 2.57. The average molecular weight is 239 g/mol. The fraction of sp³-hybridized carbons (Fsp3) is 0.769. The number of hydrogen-bond donors (Lipinski definition) is 1. The number of nitrogens with two attached hydrogens (primary N) is 1. The molecule has 0 aliphatic heterocycles. The van der Waals surface area contributed by atoms with Gasteiger partial charge in [0, 0.05) is 18.3 Å². The molecule has 0 aromatic carbocycles. The van der Waals surface area contributed by atoms with Gasteiger partial charge in [-0.25, -0.2) is 0 Å². The first kappa shape index (κ1) is 14.2. The van der Waals surface area contributed by atoms with E-state index in [1.54, 1.807) is 0 Å². The lowest BCUT2D eigenvalue weighted by molar-refractivity contribution is 0.135. The molecule has 0 aliphatic rings. The van der Waals surface area contributed by atoms with Crippen molar-refractivity contribution in [1.29, 1.82) is 0 Å². The summed E-state index contributed by atoms with van der Waals surface area (Å²) in [5.74, 6) is 0. The minimum absolute atomic E-state index is 0.233. The summed E-state index contributed by atoms with van der Waals surface area (Å²) < 4.78 is 7.39. The lowest BCUT2D eigenvalue weighted by atomic mass is 10.0. The molecular weight excluding hydrogens is 214 g/mol. The molecule has 2 N–H and O–H groups in total. The maximum absolute atomic E-state index is 6.01. The summed E-state index contributed by atoms with van der Waals surface area (Å²) in [6, 6.07) is 0.233. The van der Waals surface area contributed by atoms with Crippen molar-refractivity contribution in [1.82, 2.24) is 9.78 Å². The standard InChI is InChI=1S/C13H25N3O/c1-5-12(14)9-13-10(3)15-16(11(13)4)7-8-17-6-2/h12H,5-9,14H2,1-4H3. The minimum atomic E-state index is 0.233. The minimum Gasteiger partial charge on any atom is -0.380 e. The van der Waals surface area contributed by atoms with Gasteiger partial charge in [-0.2, -0.15) is 5.10 Å². The summed E-state index contributed by atoms with van der Waals surface area (Å²) in [6.07, 6.45) is 1.92. The Balaban J connectivity index is 2.71. The zero-order valence-corrected chi connectivity index (χ0v) is 11.5. The molecule has 0 aliphatic carbocycles. The van der Waals surface area contributed by atoms with E-state index in [-0.39, 0.29) is 6.04 Å². The molecule has 4 heteroatoms. The third kappa shape index (κ3) is 3.82. The van der Waals surface area contributed by atoms with Crippen LogP contribution in [0, 0.1) is 13.8 Å². The topological polar surface area (TPSA) is 53.1 Å². The van der Waals surface area contributed by atoms with Gasteiger partial charge in [0.1, 0.15) is 0 Å². The van der Waals surface area contributed by atoms with E-state index in [0.29, 0.717) is 0 Å². The highest BCUT2D eigenvalue weighted by atomic mass is 16.5. The van der Waals surface area contributed by atoms with E-state index in [1.165, 1.54) is 11.3 Å². The van der Waals surface area contributed by atoms with Crippen LogP contribution in [0.3, 0.4) is 0 Å². The van der Waals surface area contributed by atoms with E-state index in [0.717, 1.165) is 38.3 Å². The molecule has 0 radical (unpaired) electrons. The molecule has 1 aromatic heterocycles. The smallest absolute Gasteiger partial charge is 0.0662 e. The summed E-state index contributed by atoms with van der Waals surface area (Å²) in [4.78, 5) is 0. The highest BCUT2D eigenvalue weighted by molar-refractivity contribution is 5.25. The predicted molar refractivity (Wildman–Crippen MR) is 70.2 cm³/mol. The maximum Gasteiger partial charge on any atom is 0.0662 e.